The van der Waals surface area contributed by atoms with Crippen LogP contribution in [0, 0.1) is 0 Å². The summed E-state index contributed by atoms with van der Waals surface area (Å²) in [6.45, 7) is 15.5. The molecule has 0 aromatic rings. The van der Waals surface area contributed by atoms with Crippen molar-refractivity contribution in [1.82, 2.24) is 9.80 Å². The predicted molar refractivity (Wildman–Crippen MR) is 94.7 cm³/mol. The van der Waals surface area contributed by atoms with Crippen LogP contribution in [0.2, 0.25) is 0 Å². The van der Waals surface area contributed by atoms with Crippen molar-refractivity contribution >= 4 is 21.2 Å². The van der Waals surface area contributed by atoms with E-state index in [1.165, 1.54) is 0 Å². The summed E-state index contributed by atoms with van der Waals surface area (Å²) in [7, 11) is -2.82. The van der Waals surface area contributed by atoms with Crippen LogP contribution in [-0.2, 0) is 13.3 Å². The summed E-state index contributed by atoms with van der Waals surface area (Å²) >= 11 is 0. The molecule has 0 aliphatic carbocycles. The Bertz CT molecular complexity index is 328. The third-order valence-corrected chi connectivity index (χ3v) is 6.62. The molecule has 1 aliphatic rings. The number of hydrogen-bond acceptors (Lipinski definition) is 5. The average Bonchev–Trinajstić information content (AvgIpc) is 2.84. The van der Waals surface area contributed by atoms with Gasteiger partial charge in [0.05, 0.1) is 0 Å². The van der Waals surface area contributed by atoms with E-state index >= 15 is 0 Å². The average molecular weight is 351 g/mol. The minimum atomic E-state index is -2.82. The van der Waals surface area contributed by atoms with Gasteiger partial charge in [-0.3, -0.25) is 0 Å². The van der Waals surface area contributed by atoms with E-state index in [-0.39, 0.29) is 18.2 Å². The molecule has 0 saturated carbocycles. The smallest absolute Gasteiger partial charge is 0.371 e. The van der Waals surface area contributed by atoms with Gasteiger partial charge in [-0.1, -0.05) is 13.0 Å². The van der Waals surface area contributed by atoms with Gasteiger partial charge in [0.25, 0.3) is 0 Å². The van der Waals surface area contributed by atoms with Gasteiger partial charge in [0.2, 0.25) is 0 Å². The van der Waals surface area contributed by atoms with E-state index in [1.807, 2.05) is 26.8 Å². The maximum absolute atomic E-state index is 6.08. The molecule has 0 aromatic carbocycles. The van der Waals surface area contributed by atoms with Crippen molar-refractivity contribution in [2.75, 3.05) is 32.9 Å². The SMILES string of the molecule is C=CCN1C=CN(CCC)C1[Si](OCC)(OCC)OCC.Cl. The van der Waals surface area contributed by atoms with Crippen molar-refractivity contribution in [2.24, 2.45) is 0 Å². The summed E-state index contributed by atoms with van der Waals surface area (Å²) in [5.41, 5.74) is 0. The number of halogens is 1. The minimum absolute atomic E-state index is 0. The maximum Gasteiger partial charge on any atom is 0.546 e. The lowest BCUT2D eigenvalue weighted by Crippen LogP contribution is -2.65. The van der Waals surface area contributed by atoms with Crippen LogP contribution in [0.1, 0.15) is 34.1 Å². The summed E-state index contributed by atoms with van der Waals surface area (Å²) in [5, 5.41) is 0. The Balaban J connectivity index is 0.00000441. The van der Waals surface area contributed by atoms with Gasteiger partial charge in [0.1, 0.15) is 0 Å². The Morgan fingerprint density at radius 1 is 1.00 bits per heavy atom. The molecular formula is C15H31ClN2O3Si. The minimum Gasteiger partial charge on any atom is -0.371 e. The number of nitrogens with zero attached hydrogens (tertiary/aromatic N) is 2. The van der Waals surface area contributed by atoms with Crippen LogP contribution in [0.3, 0.4) is 0 Å². The first-order chi connectivity index (χ1) is 10.2. The molecule has 1 unspecified atom stereocenters. The van der Waals surface area contributed by atoms with Crippen molar-refractivity contribution in [2.45, 2.75) is 39.9 Å². The second-order valence-electron chi connectivity index (χ2n) is 4.80. The van der Waals surface area contributed by atoms with Crippen LogP contribution < -0.4 is 0 Å². The second kappa shape index (κ2) is 11.1. The topological polar surface area (TPSA) is 34.2 Å². The molecule has 0 amide bonds. The Morgan fingerprint density at radius 2 is 1.50 bits per heavy atom. The van der Waals surface area contributed by atoms with Crippen molar-refractivity contribution in [3.8, 4) is 0 Å². The van der Waals surface area contributed by atoms with E-state index < -0.39 is 8.80 Å². The summed E-state index contributed by atoms with van der Waals surface area (Å²) in [4.78, 5) is 4.48. The molecular weight excluding hydrogens is 320 g/mol. The molecule has 0 saturated heterocycles. The van der Waals surface area contributed by atoms with Gasteiger partial charge in [-0.25, -0.2) is 0 Å². The molecule has 0 bridgehead atoms. The highest BCUT2D eigenvalue weighted by molar-refractivity contribution is 6.62. The Labute approximate surface area is 142 Å². The third-order valence-electron chi connectivity index (χ3n) is 3.25. The van der Waals surface area contributed by atoms with E-state index in [9.17, 15) is 0 Å². The molecule has 1 rings (SSSR count). The van der Waals surface area contributed by atoms with Gasteiger partial charge in [-0.2, -0.15) is 0 Å². The highest BCUT2D eigenvalue weighted by atomic mass is 35.5. The van der Waals surface area contributed by atoms with Gasteiger partial charge in [0.15, 0.2) is 5.79 Å². The molecule has 0 fully saturated rings. The lowest BCUT2D eigenvalue weighted by Gasteiger charge is -2.42. The Hall–Kier alpha value is -0.533. The standard InChI is InChI=1S/C15H30N2O3Si.ClH/c1-6-11-16-13-14-17(12-7-2)15(16)21(18-8-3,19-9-4)20-10-5;/h6,13-15H,1,7-12H2,2-5H3;1H. The molecule has 22 heavy (non-hydrogen) atoms. The summed E-state index contributed by atoms with van der Waals surface area (Å²) in [6, 6.07) is 0. The van der Waals surface area contributed by atoms with Crippen LogP contribution in [0.5, 0.6) is 0 Å². The molecule has 7 heteroatoms. The Morgan fingerprint density at radius 3 is 1.91 bits per heavy atom. The normalized spacial score (nSPS) is 17.7. The highest BCUT2D eigenvalue weighted by Crippen LogP contribution is 2.28. The lowest BCUT2D eigenvalue weighted by molar-refractivity contribution is 0.0209. The zero-order chi connectivity index (χ0) is 15.7. The van der Waals surface area contributed by atoms with E-state index in [4.69, 9.17) is 13.3 Å². The van der Waals surface area contributed by atoms with Crippen LogP contribution in [-0.4, -0.2) is 57.3 Å². The van der Waals surface area contributed by atoms with E-state index in [0.29, 0.717) is 19.8 Å². The van der Waals surface area contributed by atoms with Gasteiger partial charge in [-0.15, -0.1) is 19.0 Å². The fraction of sp³-hybridized carbons (Fsp3) is 0.733. The first kappa shape index (κ1) is 21.5. The van der Waals surface area contributed by atoms with Crippen LogP contribution in [0.25, 0.3) is 0 Å². The summed E-state index contributed by atoms with van der Waals surface area (Å²) in [6.07, 6.45) is 7.16. The maximum atomic E-state index is 6.08. The zero-order valence-corrected chi connectivity index (χ0v) is 16.1. The number of hydrogen-bond donors (Lipinski definition) is 0. The van der Waals surface area contributed by atoms with Crippen molar-refractivity contribution < 1.29 is 13.3 Å². The van der Waals surface area contributed by atoms with Crippen LogP contribution in [0.4, 0.5) is 0 Å². The molecule has 1 aliphatic heterocycles. The number of rotatable bonds is 11. The van der Waals surface area contributed by atoms with E-state index in [1.54, 1.807) is 0 Å². The first-order valence-electron chi connectivity index (χ1n) is 7.91. The van der Waals surface area contributed by atoms with Gasteiger partial charge < -0.3 is 23.1 Å². The quantitative estimate of drug-likeness (QED) is 0.422. The van der Waals surface area contributed by atoms with E-state index in [0.717, 1.165) is 19.5 Å². The van der Waals surface area contributed by atoms with Crippen molar-refractivity contribution in [1.29, 1.82) is 0 Å². The fourth-order valence-electron chi connectivity index (χ4n) is 2.65. The molecule has 1 atom stereocenters. The van der Waals surface area contributed by atoms with Crippen molar-refractivity contribution in [3.63, 3.8) is 0 Å². The molecule has 130 valence electrons. The second-order valence-corrected chi connectivity index (χ2v) is 7.39. The monoisotopic (exact) mass is 350 g/mol. The Kier molecular flexibility index (Phi) is 10.8. The molecule has 5 nitrogen and oxygen atoms in total. The van der Waals surface area contributed by atoms with E-state index in [2.05, 4.69) is 35.7 Å². The predicted octanol–water partition coefficient (Wildman–Crippen LogP) is 3.01. The largest absolute Gasteiger partial charge is 0.546 e. The summed E-state index contributed by atoms with van der Waals surface area (Å²) < 4.78 is 18.3. The van der Waals surface area contributed by atoms with Crippen molar-refractivity contribution in [3.05, 3.63) is 25.1 Å². The lowest BCUT2D eigenvalue weighted by atomic mass is 10.4. The zero-order valence-electron chi connectivity index (χ0n) is 14.3. The van der Waals surface area contributed by atoms with Crippen LogP contribution >= 0.6 is 12.4 Å². The first-order valence-corrected chi connectivity index (χ1v) is 9.71. The third kappa shape index (κ3) is 4.99. The van der Waals surface area contributed by atoms with Gasteiger partial charge in [-0.05, 0) is 27.2 Å². The van der Waals surface area contributed by atoms with Crippen LogP contribution in [0.15, 0.2) is 25.1 Å². The molecule has 0 radical (unpaired) electrons. The molecule has 0 N–H and O–H groups in total. The summed E-state index contributed by atoms with van der Waals surface area (Å²) in [5.74, 6) is -0.00435. The molecule has 1 heterocycles. The van der Waals surface area contributed by atoms with Gasteiger partial charge >= 0.3 is 8.80 Å². The van der Waals surface area contributed by atoms with Gasteiger partial charge in [0, 0.05) is 45.3 Å². The fourth-order valence-corrected chi connectivity index (χ4v) is 5.77. The highest BCUT2D eigenvalue weighted by Gasteiger charge is 2.55. The molecule has 0 spiro atoms. The molecule has 0 aromatic heterocycles.